The van der Waals surface area contributed by atoms with Gasteiger partial charge in [0, 0.05) is 15.6 Å². The zero-order chi connectivity index (χ0) is 14.2. The minimum Gasteiger partial charge on any atom is -0.368 e. The molecule has 3 heteroatoms. The standard InChI is InChI=1S/C18H18NOS/c1-13-6-7-16(19-8-10-20-11-9-19)15-12-14-4-2-3-5-17(14)21-18(13)15/h2-7,12H,8-11H2,1H3/q+1. The summed E-state index contributed by atoms with van der Waals surface area (Å²) in [7, 11) is 0. The van der Waals surface area contributed by atoms with E-state index in [0.29, 0.717) is 0 Å². The Morgan fingerprint density at radius 1 is 1.05 bits per heavy atom. The first-order chi connectivity index (χ1) is 10.3. The van der Waals surface area contributed by atoms with E-state index < -0.39 is 0 Å². The highest BCUT2D eigenvalue weighted by Crippen LogP contribution is 2.33. The van der Waals surface area contributed by atoms with E-state index in [1.54, 1.807) is 0 Å². The molecule has 0 saturated carbocycles. The first-order valence-corrected chi connectivity index (χ1v) is 8.22. The molecule has 1 aliphatic carbocycles. The van der Waals surface area contributed by atoms with Gasteiger partial charge in [-0.05, 0) is 30.0 Å². The third kappa shape index (κ3) is 2.27. The Morgan fingerprint density at radius 2 is 1.86 bits per heavy atom. The summed E-state index contributed by atoms with van der Waals surface area (Å²) >= 11 is 1.90. The molecular weight excluding hydrogens is 278 g/mol. The molecule has 2 aliphatic heterocycles. The normalized spacial score (nSPS) is 15.8. The average Bonchev–Trinajstić information content (AvgIpc) is 2.55. The van der Waals surface area contributed by atoms with Gasteiger partial charge in [-0.15, -0.1) is 11.3 Å². The monoisotopic (exact) mass is 296 g/mol. The van der Waals surface area contributed by atoms with Gasteiger partial charge in [0.25, 0.3) is 0 Å². The third-order valence-corrected chi connectivity index (χ3v) is 5.49. The smallest absolute Gasteiger partial charge is 0.208 e. The molecule has 21 heavy (non-hydrogen) atoms. The lowest BCUT2D eigenvalue weighted by Crippen LogP contribution is -2.40. The molecule has 0 spiro atoms. The Labute approximate surface area is 128 Å². The van der Waals surface area contributed by atoms with Crippen molar-refractivity contribution in [3.63, 3.8) is 0 Å². The number of hydrogen-bond donors (Lipinski definition) is 0. The lowest BCUT2D eigenvalue weighted by Gasteiger charge is -2.14. The molecule has 0 aromatic heterocycles. The Kier molecular flexibility index (Phi) is 3.24. The molecule has 4 rings (SSSR count). The molecule has 1 saturated heterocycles. The third-order valence-electron chi connectivity index (χ3n) is 4.15. The fourth-order valence-electron chi connectivity index (χ4n) is 3.01. The molecule has 0 atom stereocenters. The quantitative estimate of drug-likeness (QED) is 0.458. The fourth-order valence-corrected chi connectivity index (χ4v) is 4.13. The van der Waals surface area contributed by atoms with Gasteiger partial charge in [0.2, 0.25) is 5.36 Å². The second-order valence-electron chi connectivity index (χ2n) is 5.53. The number of aryl methyl sites for hydroxylation is 1. The van der Waals surface area contributed by atoms with Crippen molar-refractivity contribution >= 4 is 21.4 Å². The van der Waals surface area contributed by atoms with Gasteiger partial charge in [-0.2, -0.15) is 0 Å². The van der Waals surface area contributed by atoms with E-state index in [1.807, 2.05) is 11.3 Å². The second kappa shape index (κ2) is 5.24. The van der Waals surface area contributed by atoms with Crippen LogP contribution >= 0.6 is 11.3 Å². The van der Waals surface area contributed by atoms with Gasteiger partial charge in [0.1, 0.15) is 13.2 Å². The Bertz CT molecular complexity index is 841. The SMILES string of the molecule is Cc1ccc(=[N+]2CCOCC2)c2cc3ccccc3sc1-2. The number of fused-ring (bicyclic) bond motifs is 2. The van der Waals surface area contributed by atoms with Crippen LogP contribution in [0, 0.1) is 6.92 Å². The first kappa shape index (κ1) is 13.0. The van der Waals surface area contributed by atoms with Crippen LogP contribution < -0.4 is 9.93 Å². The summed E-state index contributed by atoms with van der Waals surface area (Å²) < 4.78 is 9.29. The van der Waals surface area contributed by atoms with Crippen molar-refractivity contribution in [2.24, 2.45) is 0 Å². The maximum absolute atomic E-state index is 5.49. The molecule has 106 valence electrons. The summed E-state index contributed by atoms with van der Waals surface area (Å²) in [5.41, 5.74) is 2.73. The highest BCUT2D eigenvalue weighted by molar-refractivity contribution is 7.21. The van der Waals surface area contributed by atoms with Gasteiger partial charge < -0.3 is 4.74 Å². The van der Waals surface area contributed by atoms with Gasteiger partial charge in [-0.3, -0.25) is 0 Å². The summed E-state index contributed by atoms with van der Waals surface area (Å²) in [5.74, 6) is 0. The van der Waals surface area contributed by atoms with Gasteiger partial charge in [0.05, 0.1) is 5.56 Å². The van der Waals surface area contributed by atoms with Crippen LogP contribution in [-0.4, -0.2) is 26.3 Å². The molecular formula is C18H18NOS+. The van der Waals surface area contributed by atoms with Crippen molar-refractivity contribution < 1.29 is 4.74 Å². The van der Waals surface area contributed by atoms with Crippen LogP contribution in [0.15, 0.2) is 42.5 Å². The van der Waals surface area contributed by atoms with E-state index in [9.17, 15) is 0 Å². The topological polar surface area (TPSA) is 12.2 Å². The van der Waals surface area contributed by atoms with Crippen LogP contribution in [0.1, 0.15) is 5.56 Å². The number of nitrogens with zero attached hydrogens (tertiary/aromatic N) is 1. The van der Waals surface area contributed by atoms with E-state index in [0.717, 1.165) is 26.3 Å². The average molecular weight is 296 g/mol. The van der Waals surface area contributed by atoms with E-state index in [2.05, 4.69) is 54.0 Å². The van der Waals surface area contributed by atoms with E-state index in [-0.39, 0.29) is 0 Å². The van der Waals surface area contributed by atoms with Crippen molar-refractivity contribution in [1.29, 1.82) is 0 Å². The molecule has 2 heterocycles. The van der Waals surface area contributed by atoms with E-state index >= 15 is 0 Å². The summed E-state index contributed by atoms with van der Waals surface area (Å²) in [5, 5.41) is 2.68. The molecule has 0 unspecified atom stereocenters. The summed E-state index contributed by atoms with van der Waals surface area (Å²) in [6.45, 7) is 5.82. The number of rotatable bonds is 0. The number of morpholine rings is 1. The van der Waals surface area contributed by atoms with Gasteiger partial charge in [-0.1, -0.05) is 24.3 Å². The summed E-state index contributed by atoms with van der Waals surface area (Å²) in [6, 6.07) is 15.5. The Morgan fingerprint density at radius 3 is 2.71 bits per heavy atom. The highest BCUT2D eigenvalue weighted by atomic mass is 32.1. The Balaban J connectivity index is 2.09. The molecule has 3 aliphatic rings. The van der Waals surface area contributed by atoms with Crippen molar-refractivity contribution in [3.05, 3.63) is 53.4 Å². The van der Waals surface area contributed by atoms with Crippen molar-refractivity contribution in [3.8, 4) is 10.4 Å². The molecule has 0 radical (unpaired) electrons. The van der Waals surface area contributed by atoms with E-state index in [1.165, 1.54) is 31.4 Å². The first-order valence-electron chi connectivity index (χ1n) is 7.41. The lowest BCUT2D eigenvalue weighted by atomic mass is 10.1. The molecule has 1 fully saturated rings. The number of benzene rings is 2. The molecule has 1 aromatic rings. The lowest BCUT2D eigenvalue weighted by molar-refractivity contribution is 0.0966. The molecule has 0 bridgehead atoms. The van der Waals surface area contributed by atoms with Crippen LogP contribution in [-0.2, 0) is 4.74 Å². The Hall–Kier alpha value is -1.71. The van der Waals surface area contributed by atoms with Crippen molar-refractivity contribution in [1.82, 2.24) is 4.58 Å². The molecule has 0 N–H and O–H groups in total. The minimum atomic E-state index is 0.826. The predicted molar refractivity (Wildman–Crippen MR) is 89.0 cm³/mol. The van der Waals surface area contributed by atoms with Crippen LogP contribution in [0.2, 0.25) is 0 Å². The van der Waals surface area contributed by atoms with Crippen LogP contribution in [0.3, 0.4) is 0 Å². The maximum Gasteiger partial charge on any atom is 0.208 e. The number of ether oxygens (including phenoxy) is 1. The molecule has 0 amide bonds. The minimum absolute atomic E-state index is 0.826. The van der Waals surface area contributed by atoms with Gasteiger partial charge >= 0.3 is 0 Å². The van der Waals surface area contributed by atoms with Crippen LogP contribution in [0.5, 0.6) is 0 Å². The zero-order valence-electron chi connectivity index (χ0n) is 12.1. The summed E-state index contributed by atoms with van der Waals surface area (Å²) in [4.78, 5) is 1.40. The van der Waals surface area contributed by atoms with Gasteiger partial charge in [-0.25, -0.2) is 4.58 Å². The number of hydrogen-bond acceptors (Lipinski definition) is 2. The fraction of sp³-hybridized carbons (Fsp3) is 0.278. The maximum atomic E-state index is 5.49. The van der Waals surface area contributed by atoms with Crippen LogP contribution in [0.25, 0.3) is 20.5 Å². The molecule has 1 aromatic carbocycles. The second-order valence-corrected chi connectivity index (χ2v) is 6.58. The molecule has 2 nitrogen and oxygen atoms in total. The van der Waals surface area contributed by atoms with E-state index in [4.69, 9.17) is 4.74 Å². The summed E-state index contributed by atoms with van der Waals surface area (Å²) in [6.07, 6.45) is 0. The highest BCUT2D eigenvalue weighted by Gasteiger charge is 2.18. The largest absolute Gasteiger partial charge is 0.368 e. The van der Waals surface area contributed by atoms with Crippen molar-refractivity contribution in [2.45, 2.75) is 6.92 Å². The predicted octanol–water partition coefficient (Wildman–Crippen LogP) is 3.12. The van der Waals surface area contributed by atoms with Crippen molar-refractivity contribution in [2.75, 3.05) is 26.3 Å². The zero-order valence-corrected chi connectivity index (χ0v) is 13.0. The van der Waals surface area contributed by atoms with Gasteiger partial charge in [0.15, 0.2) is 13.1 Å². The van der Waals surface area contributed by atoms with Crippen LogP contribution in [0.4, 0.5) is 0 Å².